The van der Waals surface area contributed by atoms with E-state index in [9.17, 15) is 19.5 Å². The first-order valence-corrected chi connectivity index (χ1v) is 10.1. The predicted octanol–water partition coefficient (Wildman–Crippen LogP) is 2.11. The molecule has 1 spiro atoms. The highest BCUT2D eigenvalue weighted by molar-refractivity contribution is 6.50. The first-order chi connectivity index (χ1) is 14.7. The highest BCUT2D eigenvalue weighted by atomic mass is 16.3. The third-order valence-electron chi connectivity index (χ3n) is 6.04. The first kappa shape index (κ1) is 20.8. The number of benzene rings is 2. The summed E-state index contributed by atoms with van der Waals surface area (Å²) < 4.78 is 0. The number of aryl methyl sites for hydroxylation is 1. The molecule has 2 aromatic rings. The summed E-state index contributed by atoms with van der Waals surface area (Å²) in [6, 6.07) is 14.1. The molecule has 7 nitrogen and oxygen atoms in total. The number of hydrogen-bond donors (Lipinski definition) is 1. The molecule has 31 heavy (non-hydrogen) atoms. The molecule has 2 heterocycles. The number of fused-ring (bicyclic) bond motifs is 2. The summed E-state index contributed by atoms with van der Waals surface area (Å²) in [6.07, 6.45) is 0. The molecule has 1 atom stereocenters. The van der Waals surface area contributed by atoms with Gasteiger partial charge in [0.1, 0.15) is 5.76 Å². The number of ketones is 1. The van der Waals surface area contributed by atoms with E-state index in [2.05, 4.69) is 0 Å². The van der Waals surface area contributed by atoms with Gasteiger partial charge < -0.3 is 19.8 Å². The van der Waals surface area contributed by atoms with Crippen LogP contribution in [0.1, 0.15) is 16.7 Å². The van der Waals surface area contributed by atoms with Crippen molar-refractivity contribution < 1.29 is 19.5 Å². The summed E-state index contributed by atoms with van der Waals surface area (Å²) in [5, 5.41) is 11.2. The highest BCUT2D eigenvalue weighted by Crippen LogP contribution is 2.53. The number of hydrogen-bond acceptors (Lipinski definition) is 5. The van der Waals surface area contributed by atoms with Gasteiger partial charge in [-0.3, -0.25) is 14.4 Å². The van der Waals surface area contributed by atoms with E-state index in [1.54, 1.807) is 55.6 Å². The van der Waals surface area contributed by atoms with Crippen LogP contribution in [-0.4, -0.2) is 66.7 Å². The third kappa shape index (κ3) is 2.88. The summed E-state index contributed by atoms with van der Waals surface area (Å²) >= 11 is 0. The zero-order valence-electron chi connectivity index (χ0n) is 18.0. The number of Topliss-reactive ketones (excluding diaryl/α,β-unsaturated/α-hetero) is 1. The predicted molar refractivity (Wildman–Crippen MR) is 118 cm³/mol. The van der Waals surface area contributed by atoms with Crippen LogP contribution >= 0.6 is 0 Å². The number of nitrogens with zero attached hydrogens (tertiary/aromatic N) is 3. The first-order valence-electron chi connectivity index (χ1n) is 10.1. The Balaban J connectivity index is 2.04. The van der Waals surface area contributed by atoms with Crippen molar-refractivity contribution in [3.63, 3.8) is 0 Å². The molecule has 1 saturated heterocycles. The second-order valence-corrected chi connectivity index (χ2v) is 8.27. The minimum atomic E-state index is -1.69. The van der Waals surface area contributed by atoms with Crippen molar-refractivity contribution in [2.45, 2.75) is 12.5 Å². The lowest BCUT2D eigenvalue weighted by Gasteiger charge is -2.34. The van der Waals surface area contributed by atoms with Crippen LogP contribution in [0.3, 0.4) is 0 Å². The van der Waals surface area contributed by atoms with Gasteiger partial charge >= 0.3 is 0 Å². The van der Waals surface area contributed by atoms with Gasteiger partial charge in [0.15, 0.2) is 5.54 Å². The molecule has 1 N–H and O–H groups in total. The maximum atomic E-state index is 13.8. The van der Waals surface area contributed by atoms with Crippen LogP contribution in [0.2, 0.25) is 0 Å². The average molecular weight is 419 g/mol. The van der Waals surface area contributed by atoms with Crippen LogP contribution in [-0.2, 0) is 19.9 Å². The fourth-order valence-electron chi connectivity index (χ4n) is 4.43. The average Bonchev–Trinajstić information content (AvgIpc) is 3.11. The third-order valence-corrected chi connectivity index (χ3v) is 6.04. The van der Waals surface area contributed by atoms with Crippen molar-refractivity contribution in [3.05, 3.63) is 70.8 Å². The summed E-state index contributed by atoms with van der Waals surface area (Å²) in [5.41, 5.74) is 0.634. The number of carbonyl (C=O) groups is 3. The van der Waals surface area contributed by atoms with Crippen LogP contribution in [0.25, 0.3) is 5.76 Å². The molecule has 0 bridgehead atoms. The van der Waals surface area contributed by atoms with E-state index < -0.39 is 23.1 Å². The van der Waals surface area contributed by atoms with Gasteiger partial charge in [-0.05, 0) is 27.1 Å². The van der Waals surface area contributed by atoms with Crippen molar-refractivity contribution in [1.29, 1.82) is 0 Å². The molecule has 1 fully saturated rings. The molecule has 2 aliphatic heterocycles. The second kappa shape index (κ2) is 7.35. The fraction of sp³-hybridized carbons (Fsp3) is 0.292. The molecule has 4 rings (SSSR count). The van der Waals surface area contributed by atoms with Gasteiger partial charge in [-0.1, -0.05) is 48.0 Å². The number of aliphatic hydroxyl groups is 1. The number of amides is 2. The van der Waals surface area contributed by atoms with E-state index in [0.29, 0.717) is 23.4 Å². The Morgan fingerprint density at radius 1 is 1.03 bits per heavy atom. The Bertz CT molecular complexity index is 1120. The van der Waals surface area contributed by atoms with E-state index in [-0.39, 0.29) is 17.9 Å². The van der Waals surface area contributed by atoms with Gasteiger partial charge in [0, 0.05) is 37.0 Å². The van der Waals surface area contributed by atoms with Crippen molar-refractivity contribution in [3.8, 4) is 0 Å². The second-order valence-electron chi connectivity index (χ2n) is 8.27. The minimum Gasteiger partial charge on any atom is -0.507 e. The number of anilines is 1. The van der Waals surface area contributed by atoms with Crippen molar-refractivity contribution in [2.75, 3.05) is 39.1 Å². The molecule has 0 saturated carbocycles. The van der Waals surface area contributed by atoms with Crippen LogP contribution in [0, 0.1) is 6.92 Å². The SMILES string of the molecule is Cc1ccc(/C(O)=C2\C(=O)C(=O)N(CCN(C)C)C23C(=O)N(C)c2ccccc23)cc1. The zero-order chi connectivity index (χ0) is 22.5. The normalized spacial score (nSPS) is 22.2. The molecule has 0 aromatic heterocycles. The van der Waals surface area contributed by atoms with Crippen molar-refractivity contribution in [2.24, 2.45) is 0 Å². The van der Waals surface area contributed by atoms with Crippen LogP contribution in [0.15, 0.2) is 54.1 Å². The van der Waals surface area contributed by atoms with Crippen LogP contribution in [0.4, 0.5) is 5.69 Å². The van der Waals surface area contributed by atoms with Gasteiger partial charge in [-0.25, -0.2) is 0 Å². The van der Waals surface area contributed by atoms with E-state index in [0.717, 1.165) is 5.56 Å². The number of aliphatic hydroxyl groups excluding tert-OH is 1. The number of rotatable bonds is 4. The number of para-hydroxylation sites is 1. The number of likely N-dealkylation sites (N-methyl/N-ethyl adjacent to an activating group) is 2. The Morgan fingerprint density at radius 3 is 2.32 bits per heavy atom. The molecular formula is C24H25N3O4. The summed E-state index contributed by atoms with van der Waals surface area (Å²) in [7, 11) is 5.33. The lowest BCUT2D eigenvalue weighted by atomic mass is 9.82. The minimum absolute atomic E-state index is 0.163. The molecule has 2 aliphatic rings. The standard InChI is InChI=1S/C24H25N3O4/c1-15-9-11-16(12-10-15)20(28)19-21(29)22(30)27(14-13-25(2)3)24(19)17-7-5-6-8-18(17)26(4)23(24)31/h5-12,28H,13-14H2,1-4H3/b20-19-. The molecular weight excluding hydrogens is 394 g/mol. The zero-order valence-corrected chi connectivity index (χ0v) is 18.0. The largest absolute Gasteiger partial charge is 0.507 e. The molecule has 7 heteroatoms. The molecule has 0 radical (unpaired) electrons. The Kier molecular flexibility index (Phi) is 4.94. The van der Waals surface area contributed by atoms with E-state index in [1.807, 2.05) is 25.9 Å². The molecule has 1 unspecified atom stereocenters. The van der Waals surface area contributed by atoms with Crippen molar-refractivity contribution in [1.82, 2.24) is 9.80 Å². The molecule has 160 valence electrons. The Morgan fingerprint density at radius 2 is 1.68 bits per heavy atom. The lowest BCUT2D eigenvalue weighted by molar-refractivity contribution is -0.143. The van der Waals surface area contributed by atoms with Gasteiger partial charge in [0.25, 0.3) is 17.6 Å². The topological polar surface area (TPSA) is 81.2 Å². The Labute approximate surface area is 181 Å². The molecule has 2 aromatic carbocycles. The van der Waals surface area contributed by atoms with E-state index in [4.69, 9.17) is 0 Å². The van der Waals surface area contributed by atoms with Gasteiger partial charge in [-0.15, -0.1) is 0 Å². The number of carbonyl (C=O) groups excluding carboxylic acids is 3. The fourth-order valence-corrected chi connectivity index (χ4v) is 4.43. The maximum absolute atomic E-state index is 13.8. The Hall–Kier alpha value is -3.45. The van der Waals surface area contributed by atoms with Crippen LogP contribution < -0.4 is 4.90 Å². The van der Waals surface area contributed by atoms with Gasteiger partial charge in [-0.2, -0.15) is 0 Å². The summed E-state index contributed by atoms with van der Waals surface area (Å²) in [4.78, 5) is 44.9. The highest BCUT2D eigenvalue weighted by Gasteiger charge is 2.66. The van der Waals surface area contributed by atoms with Gasteiger partial charge in [0.2, 0.25) is 0 Å². The number of likely N-dealkylation sites (tertiary alicyclic amines) is 1. The molecule has 2 amide bonds. The summed E-state index contributed by atoms with van der Waals surface area (Å²) in [5.74, 6) is -2.41. The van der Waals surface area contributed by atoms with Crippen LogP contribution in [0.5, 0.6) is 0 Å². The molecule has 0 aliphatic carbocycles. The lowest BCUT2D eigenvalue weighted by Crippen LogP contribution is -2.52. The maximum Gasteiger partial charge on any atom is 0.296 e. The van der Waals surface area contributed by atoms with E-state index >= 15 is 0 Å². The quantitative estimate of drug-likeness (QED) is 0.466. The monoisotopic (exact) mass is 419 g/mol. The van der Waals surface area contributed by atoms with Gasteiger partial charge in [0.05, 0.1) is 5.57 Å². The van der Waals surface area contributed by atoms with E-state index in [1.165, 1.54) is 9.80 Å². The summed E-state index contributed by atoms with van der Waals surface area (Å²) in [6.45, 7) is 2.53. The smallest absolute Gasteiger partial charge is 0.296 e. The van der Waals surface area contributed by atoms with Crippen molar-refractivity contribution >= 4 is 29.0 Å².